The Balaban J connectivity index is 0.000000404. The van der Waals surface area contributed by atoms with E-state index in [0.29, 0.717) is 11.3 Å². The van der Waals surface area contributed by atoms with E-state index in [1.165, 1.54) is 11.0 Å². The van der Waals surface area contributed by atoms with Crippen LogP contribution in [0, 0.1) is 0 Å². The van der Waals surface area contributed by atoms with Crippen LogP contribution in [-0.2, 0) is 28.7 Å². The van der Waals surface area contributed by atoms with Crippen molar-refractivity contribution in [2.24, 2.45) is 0 Å². The van der Waals surface area contributed by atoms with E-state index < -0.39 is 41.7 Å². The number of aromatic nitrogens is 4. The number of carbonyl (C=O) groups excluding carboxylic acids is 3. The number of rotatable bonds is 7. The van der Waals surface area contributed by atoms with Gasteiger partial charge < -0.3 is 20.0 Å². The number of amides is 1. The Morgan fingerprint density at radius 2 is 1.44 bits per heavy atom. The number of nitrogens with zero attached hydrogens (tertiary/aromatic N) is 6. The van der Waals surface area contributed by atoms with Gasteiger partial charge in [0.1, 0.15) is 5.69 Å². The van der Waals surface area contributed by atoms with E-state index in [-0.39, 0.29) is 41.8 Å². The van der Waals surface area contributed by atoms with E-state index in [1.807, 2.05) is 56.6 Å². The van der Waals surface area contributed by atoms with Crippen molar-refractivity contribution in [1.29, 1.82) is 0 Å². The summed E-state index contributed by atoms with van der Waals surface area (Å²) < 4.78 is 115. The van der Waals surface area contributed by atoms with Crippen LogP contribution < -0.4 is 10.6 Å². The molecule has 3 heterocycles. The third kappa shape index (κ3) is 8.43. The highest BCUT2D eigenvalue weighted by Crippen LogP contribution is 2.38. The molecule has 2 aromatic heterocycles. The molecule has 54 heavy (non-hydrogen) atoms. The lowest BCUT2D eigenvalue weighted by atomic mass is 9.98. The van der Waals surface area contributed by atoms with Crippen molar-refractivity contribution in [2.45, 2.75) is 31.5 Å². The van der Waals surface area contributed by atoms with E-state index in [1.54, 1.807) is 18.2 Å². The number of benzene rings is 3. The fourth-order valence-corrected chi connectivity index (χ4v) is 5.50. The Morgan fingerprint density at radius 3 is 2.00 bits per heavy atom. The highest BCUT2D eigenvalue weighted by molar-refractivity contribution is 6.41. The summed E-state index contributed by atoms with van der Waals surface area (Å²) in [5.41, 5.74) is 8.61. The van der Waals surface area contributed by atoms with Crippen LogP contribution in [0.2, 0.25) is 0 Å². The van der Waals surface area contributed by atoms with Gasteiger partial charge in [0.05, 0.1) is 5.69 Å². The molecule has 1 aliphatic rings. The Kier molecular flexibility index (Phi) is 10.7. The Bertz CT molecular complexity index is 2160. The molecular weight excluding hydrogens is 741 g/mol. The smallest absolute Gasteiger partial charge is 0.404 e. The summed E-state index contributed by atoms with van der Waals surface area (Å²) in [4.78, 5) is 36.7. The van der Waals surface area contributed by atoms with E-state index in [4.69, 9.17) is 10.2 Å². The molecule has 0 atom stereocenters. The van der Waals surface area contributed by atoms with Gasteiger partial charge in [-0.2, -0.15) is 44.6 Å². The topological polar surface area (TPSA) is 140 Å². The number of hydrogen-bond acceptors (Lipinski definition) is 9. The predicted octanol–water partition coefficient (Wildman–Crippen LogP) is 6.70. The second kappa shape index (κ2) is 14.8. The first kappa shape index (κ1) is 39.2. The summed E-state index contributed by atoms with van der Waals surface area (Å²) in [6.45, 7) is 0.844. The maximum absolute atomic E-state index is 14.1. The van der Waals surface area contributed by atoms with E-state index in [9.17, 15) is 53.9 Å². The summed E-state index contributed by atoms with van der Waals surface area (Å²) in [6, 6.07) is 21.7. The van der Waals surface area contributed by atoms with Crippen molar-refractivity contribution in [1.82, 2.24) is 24.9 Å². The molecule has 0 spiro atoms. The SMILES string of the molecule is CN(C)Cc1ccccc1-c1ccc(N2CCc3c(C(F)(F)F)nn(-c4cccc(-c5nnc(N)o5)c4)c3C2=O)cc1.O=C(C(=O)C(F)(F)F)C(F)(F)F. The molecule has 0 unspecified atom stereocenters. The number of hydrogen-bond donors (Lipinski definition) is 1. The highest BCUT2D eigenvalue weighted by atomic mass is 19.4. The lowest BCUT2D eigenvalue weighted by Crippen LogP contribution is -2.39. The number of carbonyl (C=O) groups is 3. The molecule has 0 bridgehead atoms. The maximum Gasteiger partial charge on any atom is 0.458 e. The maximum atomic E-state index is 14.1. The number of ketones is 2. The second-order valence-electron chi connectivity index (χ2n) is 11.9. The molecule has 3 aromatic carbocycles. The average molecular weight is 768 g/mol. The van der Waals surface area contributed by atoms with Gasteiger partial charge in [0.2, 0.25) is 5.89 Å². The molecule has 284 valence electrons. The highest BCUT2D eigenvalue weighted by Gasteiger charge is 2.54. The van der Waals surface area contributed by atoms with Crippen LogP contribution in [0.1, 0.15) is 27.3 Å². The molecule has 0 radical (unpaired) electrons. The van der Waals surface area contributed by atoms with Crippen LogP contribution in [0.25, 0.3) is 28.3 Å². The summed E-state index contributed by atoms with van der Waals surface area (Å²) in [5.74, 6) is -7.30. The largest absolute Gasteiger partial charge is 0.458 e. The third-order valence-corrected chi connectivity index (χ3v) is 7.78. The molecule has 11 nitrogen and oxygen atoms in total. The van der Waals surface area contributed by atoms with Gasteiger partial charge in [0, 0.05) is 29.9 Å². The van der Waals surface area contributed by atoms with Gasteiger partial charge in [-0.3, -0.25) is 14.4 Å². The first-order chi connectivity index (χ1) is 25.2. The average Bonchev–Trinajstić information content (AvgIpc) is 3.72. The molecule has 1 aliphatic heterocycles. The third-order valence-electron chi connectivity index (χ3n) is 7.78. The molecule has 0 fully saturated rings. The fraction of sp³-hybridized carbons (Fsp3) is 0.235. The zero-order valence-corrected chi connectivity index (χ0v) is 27.8. The molecular formula is C34H26F9N7O4. The monoisotopic (exact) mass is 767 g/mol. The van der Waals surface area contributed by atoms with Crippen molar-refractivity contribution in [3.8, 4) is 28.3 Å². The van der Waals surface area contributed by atoms with Crippen LogP contribution in [0.5, 0.6) is 0 Å². The summed E-state index contributed by atoms with van der Waals surface area (Å²) in [6.07, 6.45) is -16.3. The first-order valence-electron chi connectivity index (χ1n) is 15.4. The summed E-state index contributed by atoms with van der Waals surface area (Å²) in [5, 5.41) is 11.4. The molecule has 20 heteroatoms. The van der Waals surface area contributed by atoms with Gasteiger partial charge in [-0.15, -0.1) is 5.10 Å². The number of Topliss-reactive ketones (excluding diaryl/α,β-unsaturated/α-hetero) is 2. The lowest BCUT2D eigenvalue weighted by Gasteiger charge is -2.28. The van der Waals surface area contributed by atoms with Crippen molar-refractivity contribution in [3.05, 3.63) is 95.3 Å². The van der Waals surface area contributed by atoms with Crippen LogP contribution in [0.15, 0.2) is 77.2 Å². The van der Waals surface area contributed by atoms with Gasteiger partial charge in [-0.05, 0) is 67.5 Å². The molecule has 2 N–H and O–H groups in total. The molecule has 5 aromatic rings. The molecule has 0 saturated heterocycles. The van der Waals surface area contributed by atoms with Crippen molar-refractivity contribution >= 4 is 29.2 Å². The van der Waals surface area contributed by atoms with Gasteiger partial charge in [0.15, 0.2) is 5.69 Å². The van der Waals surface area contributed by atoms with Gasteiger partial charge in [0.25, 0.3) is 5.91 Å². The zero-order chi connectivity index (χ0) is 39.7. The second-order valence-corrected chi connectivity index (χ2v) is 11.9. The summed E-state index contributed by atoms with van der Waals surface area (Å²) >= 11 is 0. The Morgan fingerprint density at radius 1 is 0.815 bits per heavy atom. The molecule has 6 rings (SSSR count). The number of nitrogens with two attached hydrogens (primary N) is 1. The zero-order valence-electron chi connectivity index (χ0n) is 27.8. The standard InChI is InChI=1S/C30H26F3N7O2.C4F6O2/c1-38(2)17-20-6-3-4-9-23(20)18-10-12-21(13-11-18)39-15-14-24-25(28(39)41)40(37-26(24)30(31,32)33)22-8-5-7-19(16-22)27-35-36-29(34)42-27;5-3(6,7)1(11)2(12)4(8,9)10/h3-13,16H,14-15,17H2,1-2H3,(H2,34,36);. The number of halogens is 9. The minimum atomic E-state index is -5.77. The summed E-state index contributed by atoms with van der Waals surface area (Å²) in [7, 11) is 4.00. The number of anilines is 2. The lowest BCUT2D eigenvalue weighted by molar-refractivity contribution is -0.193. The van der Waals surface area contributed by atoms with E-state index >= 15 is 0 Å². The number of alkyl halides is 9. The van der Waals surface area contributed by atoms with E-state index in [0.717, 1.165) is 27.9 Å². The number of fused-ring (bicyclic) bond motifs is 1. The van der Waals surface area contributed by atoms with Crippen LogP contribution >= 0.6 is 0 Å². The van der Waals surface area contributed by atoms with Gasteiger partial charge >= 0.3 is 36.1 Å². The van der Waals surface area contributed by atoms with Gasteiger partial charge in [-0.25, -0.2) is 4.68 Å². The van der Waals surface area contributed by atoms with Crippen LogP contribution in [0.3, 0.4) is 0 Å². The van der Waals surface area contributed by atoms with Crippen molar-refractivity contribution in [3.63, 3.8) is 0 Å². The van der Waals surface area contributed by atoms with Gasteiger partial charge in [-0.1, -0.05) is 47.6 Å². The normalized spacial score (nSPS) is 13.4. The Hall–Kier alpha value is -6.05. The number of nitrogen functional groups attached to an aromatic ring is 1. The minimum absolute atomic E-state index is 0.0107. The molecule has 0 aliphatic carbocycles. The van der Waals surface area contributed by atoms with E-state index in [2.05, 4.69) is 26.3 Å². The van der Waals surface area contributed by atoms with Crippen molar-refractivity contribution in [2.75, 3.05) is 31.3 Å². The fourth-order valence-electron chi connectivity index (χ4n) is 5.50. The molecule has 1 amide bonds. The van der Waals surface area contributed by atoms with Crippen molar-refractivity contribution < 1.29 is 58.3 Å². The first-order valence-corrected chi connectivity index (χ1v) is 15.4. The minimum Gasteiger partial charge on any atom is -0.404 e. The van der Waals surface area contributed by atoms with Crippen LogP contribution in [-0.4, -0.2) is 75.3 Å². The van der Waals surface area contributed by atoms with Crippen LogP contribution in [0.4, 0.5) is 51.2 Å². The Labute approximate surface area is 298 Å². The predicted molar refractivity (Wildman–Crippen MR) is 173 cm³/mol. The molecule has 0 saturated carbocycles. The quantitative estimate of drug-likeness (QED) is 0.142.